The monoisotopic (exact) mass is 353 g/mol. The first-order valence-electron chi connectivity index (χ1n) is 11.5. The molecular formula is C24H35NO. The average Bonchev–Trinajstić information content (AvgIpc) is 3.20. The van der Waals surface area contributed by atoms with Crippen LogP contribution in [0.1, 0.15) is 71.6 Å². The molecule has 0 aromatic heterocycles. The van der Waals surface area contributed by atoms with Gasteiger partial charge in [-0.2, -0.15) is 0 Å². The zero-order valence-corrected chi connectivity index (χ0v) is 16.6. The lowest BCUT2D eigenvalue weighted by Gasteiger charge is -2.59. The summed E-state index contributed by atoms with van der Waals surface area (Å²) < 4.78 is 6.66. The summed E-state index contributed by atoms with van der Waals surface area (Å²) in [5, 5.41) is 8.17. The Labute approximate surface area is 158 Å². The molecule has 9 atom stereocenters. The number of rotatable bonds is 1. The number of fused-ring (bicyclic) bond motifs is 9. The minimum Gasteiger partial charge on any atom is -0.374 e. The molecule has 26 heavy (non-hydrogen) atoms. The third kappa shape index (κ3) is 1.81. The highest BCUT2D eigenvalue weighted by Gasteiger charge is 2.77. The topological polar surface area (TPSA) is 33.1 Å². The molecule has 142 valence electrons. The first-order chi connectivity index (χ1) is 12.6. The molecule has 5 fully saturated rings. The van der Waals surface area contributed by atoms with E-state index < -0.39 is 0 Å². The fraction of sp³-hybridized carbons (Fsp3) is 0.875. The Balaban J connectivity index is 1.41. The third-order valence-electron chi connectivity index (χ3n) is 10.2. The quantitative estimate of drug-likeness (QED) is 0.652. The maximum absolute atomic E-state index is 8.17. The van der Waals surface area contributed by atoms with Crippen molar-refractivity contribution in [1.29, 1.82) is 5.41 Å². The molecule has 1 spiro atoms. The Kier molecular flexibility index (Phi) is 3.30. The molecule has 2 nitrogen and oxygen atoms in total. The second-order valence-electron chi connectivity index (χ2n) is 10.8. The van der Waals surface area contributed by atoms with E-state index in [1.807, 2.05) is 0 Å². The standard InChI is InChI=1S/C24H35NO/c1-3-14-11-15-12-16(25)5-6-17(15)18-7-9-23(2)22(21(14)18)19-13-20(19)24(23)8-4-10-26-24/h12,14,17-22,25H,3-11,13H2,1-2H3/t14?,17-,18?,19?,20?,21?,22?,23-,24-/m0/s1. The van der Waals surface area contributed by atoms with Gasteiger partial charge in [0, 0.05) is 17.7 Å². The fourth-order valence-corrected chi connectivity index (χ4v) is 9.31. The predicted octanol–water partition coefficient (Wildman–Crippen LogP) is 5.62. The number of ether oxygens (including phenoxy) is 1. The SMILES string of the molecule is CCC1CC2=CC(=N)CC[C@@H]2C2CC[C@@]3(C)C(C4CC4[C@@]34CCCO4)C12. The summed E-state index contributed by atoms with van der Waals surface area (Å²) in [5.41, 5.74) is 3.27. The van der Waals surface area contributed by atoms with Crippen molar-refractivity contribution >= 4 is 5.71 Å². The van der Waals surface area contributed by atoms with Crippen LogP contribution in [0, 0.1) is 52.2 Å². The van der Waals surface area contributed by atoms with E-state index in [1.165, 1.54) is 51.4 Å². The first-order valence-corrected chi connectivity index (χ1v) is 11.5. The van der Waals surface area contributed by atoms with Crippen LogP contribution in [-0.2, 0) is 4.74 Å². The summed E-state index contributed by atoms with van der Waals surface area (Å²) in [7, 11) is 0. The molecule has 1 aliphatic heterocycles. The van der Waals surface area contributed by atoms with Gasteiger partial charge in [-0.05, 0) is 98.9 Å². The van der Waals surface area contributed by atoms with E-state index in [0.29, 0.717) is 5.41 Å². The van der Waals surface area contributed by atoms with Gasteiger partial charge in [-0.3, -0.25) is 0 Å². The summed E-state index contributed by atoms with van der Waals surface area (Å²) in [4.78, 5) is 0. The van der Waals surface area contributed by atoms with Gasteiger partial charge in [0.1, 0.15) is 0 Å². The Hall–Kier alpha value is -0.630. The normalized spacial score (nSPS) is 57.2. The van der Waals surface area contributed by atoms with E-state index in [4.69, 9.17) is 10.1 Å². The second kappa shape index (κ2) is 5.25. The predicted molar refractivity (Wildman–Crippen MR) is 104 cm³/mol. The average molecular weight is 354 g/mol. The van der Waals surface area contributed by atoms with E-state index in [1.54, 1.807) is 5.57 Å². The van der Waals surface area contributed by atoms with Crippen molar-refractivity contribution < 1.29 is 4.74 Å². The van der Waals surface area contributed by atoms with Gasteiger partial charge in [0.15, 0.2) is 0 Å². The summed E-state index contributed by atoms with van der Waals surface area (Å²) >= 11 is 0. The molecule has 1 N–H and O–H groups in total. The summed E-state index contributed by atoms with van der Waals surface area (Å²) in [6.45, 7) is 6.11. The third-order valence-corrected chi connectivity index (χ3v) is 10.2. The molecular weight excluding hydrogens is 318 g/mol. The zero-order valence-electron chi connectivity index (χ0n) is 16.6. The molecule has 0 amide bonds. The van der Waals surface area contributed by atoms with E-state index in [2.05, 4.69) is 19.9 Å². The molecule has 6 unspecified atom stereocenters. The van der Waals surface area contributed by atoms with Crippen molar-refractivity contribution in [2.75, 3.05) is 6.61 Å². The van der Waals surface area contributed by atoms with Crippen molar-refractivity contribution in [2.45, 2.75) is 77.2 Å². The summed E-state index contributed by atoms with van der Waals surface area (Å²) in [6.07, 6.45) is 14.2. The lowest BCUT2D eigenvalue weighted by Crippen LogP contribution is -2.56. The largest absolute Gasteiger partial charge is 0.374 e. The molecule has 0 radical (unpaired) electrons. The van der Waals surface area contributed by atoms with Crippen molar-refractivity contribution in [2.24, 2.45) is 46.8 Å². The molecule has 2 heteroatoms. The Morgan fingerprint density at radius 3 is 2.88 bits per heavy atom. The van der Waals surface area contributed by atoms with Gasteiger partial charge >= 0.3 is 0 Å². The smallest absolute Gasteiger partial charge is 0.0770 e. The van der Waals surface area contributed by atoms with Crippen molar-refractivity contribution in [3.8, 4) is 0 Å². The van der Waals surface area contributed by atoms with E-state index in [0.717, 1.165) is 60.2 Å². The highest BCUT2D eigenvalue weighted by Crippen LogP contribution is 2.78. The maximum atomic E-state index is 8.17. The highest BCUT2D eigenvalue weighted by molar-refractivity contribution is 5.93. The van der Waals surface area contributed by atoms with Gasteiger partial charge in [0.05, 0.1) is 5.60 Å². The molecule has 1 saturated heterocycles. The van der Waals surface area contributed by atoms with Crippen LogP contribution in [0.15, 0.2) is 11.6 Å². The molecule has 6 aliphatic rings. The molecule has 6 rings (SSSR count). The zero-order chi connectivity index (χ0) is 17.7. The van der Waals surface area contributed by atoms with Crippen molar-refractivity contribution in [3.05, 3.63) is 11.6 Å². The van der Waals surface area contributed by atoms with Crippen LogP contribution in [0.4, 0.5) is 0 Å². The molecule has 0 aromatic rings. The van der Waals surface area contributed by atoms with Crippen LogP contribution in [-0.4, -0.2) is 17.9 Å². The molecule has 5 aliphatic carbocycles. The minimum absolute atomic E-state index is 0.260. The van der Waals surface area contributed by atoms with E-state index >= 15 is 0 Å². The van der Waals surface area contributed by atoms with Gasteiger partial charge in [-0.25, -0.2) is 0 Å². The Bertz CT molecular complexity index is 674. The van der Waals surface area contributed by atoms with E-state index in [-0.39, 0.29) is 5.60 Å². The number of allylic oxidation sites excluding steroid dienone is 2. The van der Waals surface area contributed by atoms with Crippen molar-refractivity contribution in [3.63, 3.8) is 0 Å². The number of nitrogens with one attached hydrogen (secondary N) is 1. The number of hydrogen-bond acceptors (Lipinski definition) is 2. The van der Waals surface area contributed by atoms with Gasteiger partial charge < -0.3 is 10.1 Å². The molecule has 4 saturated carbocycles. The van der Waals surface area contributed by atoms with Crippen LogP contribution >= 0.6 is 0 Å². The van der Waals surface area contributed by atoms with Gasteiger partial charge in [-0.1, -0.05) is 25.8 Å². The van der Waals surface area contributed by atoms with Gasteiger partial charge in [0.2, 0.25) is 0 Å². The van der Waals surface area contributed by atoms with Gasteiger partial charge in [-0.15, -0.1) is 0 Å². The van der Waals surface area contributed by atoms with Crippen LogP contribution < -0.4 is 0 Å². The van der Waals surface area contributed by atoms with Crippen LogP contribution in [0.25, 0.3) is 0 Å². The lowest BCUT2D eigenvalue weighted by atomic mass is 9.46. The summed E-state index contributed by atoms with van der Waals surface area (Å²) in [5.74, 6) is 6.31. The van der Waals surface area contributed by atoms with Gasteiger partial charge in [0.25, 0.3) is 0 Å². The van der Waals surface area contributed by atoms with E-state index in [9.17, 15) is 0 Å². The lowest BCUT2D eigenvalue weighted by molar-refractivity contribution is -0.155. The molecule has 0 aromatic carbocycles. The highest BCUT2D eigenvalue weighted by atomic mass is 16.5. The molecule has 0 bridgehead atoms. The Morgan fingerprint density at radius 1 is 1.23 bits per heavy atom. The summed E-state index contributed by atoms with van der Waals surface area (Å²) in [6, 6.07) is 0. The number of hydrogen-bond donors (Lipinski definition) is 1. The van der Waals surface area contributed by atoms with Crippen LogP contribution in [0.2, 0.25) is 0 Å². The molecule has 1 heterocycles. The first kappa shape index (κ1) is 16.3. The minimum atomic E-state index is 0.260. The second-order valence-corrected chi connectivity index (χ2v) is 10.8. The fourth-order valence-electron chi connectivity index (χ4n) is 9.31. The van der Waals surface area contributed by atoms with Crippen molar-refractivity contribution in [1.82, 2.24) is 0 Å². The van der Waals surface area contributed by atoms with Crippen LogP contribution in [0.3, 0.4) is 0 Å². The van der Waals surface area contributed by atoms with Crippen LogP contribution in [0.5, 0.6) is 0 Å². The Morgan fingerprint density at radius 2 is 2.12 bits per heavy atom. The maximum Gasteiger partial charge on any atom is 0.0770 e.